The SMILES string of the molecule is O=C(CN(CC(=O)N[C@H](CO)CCCCNC(=O)OCc1ccccc1)C(=O)c1cccc(C(=O)N(CC(=O)NCCc2ccc(F)cc2)CC(=O)N[C@H](CO)CCCCNC(=O)OCc2ccccc2)c1)NCCc1ccc(F)cc1. The molecule has 20 nitrogen and oxygen atoms in total. The number of halogens is 2. The van der Waals surface area contributed by atoms with Crippen LogP contribution in [0, 0.1) is 11.6 Å². The quantitative estimate of drug-likeness (QED) is 0.0260. The minimum atomic E-state index is -0.850. The maximum Gasteiger partial charge on any atom is 0.407 e. The highest BCUT2D eigenvalue weighted by atomic mass is 19.1. The number of benzene rings is 5. The molecule has 438 valence electrons. The van der Waals surface area contributed by atoms with Gasteiger partial charge in [0.15, 0.2) is 0 Å². The monoisotopic (exact) mass is 1130 g/mol. The van der Waals surface area contributed by atoms with Crippen LogP contribution in [0.5, 0.6) is 0 Å². The molecule has 8 amide bonds. The molecule has 0 saturated heterocycles. The molecule has 82 heavy (non-hydrogen) atoms. The molecule has 5 rings (SSSR count). The van der Waals surface area contributed by atoms with Crippen molar-refractivity contribution in [1.29, 1.82) is 0 Å². The van der Waals surface area contributed by atoms with Crippen LogP contribution < -0.4 is 31.9 Å². The first-order chi connectivity index (χ1) is 39.7. The number of ether oxygens (including phenoxy) is 2. The summed E-state index contributed by atoms with van der Waals surface area (Å²) in [4.78, 5) is 109. The highest BCUT2D eigenvalue weighted by molar-refractivity contribution is 6.03. The van der Waals surface area contributed by atoms with E-state index in [-0.39, 0.29) is 50.5 Å². The number of carbonyl (C=O) groups is 8. The molecule has 0 radical (unpaired) electrons. The third-order valence-corrected chi connectivity index (χ3v) is 12.7. The Morgan fingerprint density at radius 2 is 0.805 bits per heavy atom. The van der Waals surface area contributed by atoms with Crippen molar-refractivity contribution in [2.24, 2.45) is 0 Å². The molecule has 0 spiro atoms. The van der Waals surface area contributed by atoms with Gasteiger partial charge in [0.05, 0.1) is 25.3 Å². The van der Waals surface area contributed by atoms with Crippen LogP contribution >= 0.6 is 0 Å². The maximum absolute atomic E-state index is 14.4. The number of hydrogen-bond donors (Lipinski definition) is 8. The zero-order valence-electron chi connectivity index (χ0n) is 45.6. The number of unbranched alkanes of at least 4 members (excludes halogenated alkanes) is 2. The van der Waals surface area contributed by atoms with Crippen molar-refractivity contribution in [2.45, 2.75) is 76.7 Å². The van der Waals surface area contributed by atoms with Crippen LogP contribution in [0.2, 0.25) is 0 Å². The van der Waals surface area contributed by atoms with Crippen molar-refractivity contribution in [3.8, 4) is 0 Å². The van der Waals surface area contributed by atoms with Crippen LogP contribution in [0.4, 0.5) is 18.4 Å². The molecule has 0 aliphatic heterocycles. The zero-order chi connectivity index (χ0) is 58.9. The number of alkyl carbamates (subject to hydrolysis) is 2. The summed E-state index contributed by atoms with van der Waals surface area (Å²) in [7, 11) is 0. The third kappa shape index (κ3) is 24.7. The molecule has 5 aromatic carbocycles. The van der Waals surface area contributed by atoms with E-state index >= 15 is 0 Å². The first-order valence-electron chi connectivity index (χ1n) is 27.1. The van der Waals surface area contributed by atoms with Gasteiger partial charge in [-0.3, -0.25) is 28.8 Å². The Labute approximate surface area is 475 Å². The van der Waals surface area contributed by atoms with Crippen molar-refractivity contribution in [1.82, 2.24) is 41.7 Å². The number of nitrogens with one attached hydrogen (secondary N) is 6. The smallest absolute Gasteiger partial charge is 0.407 e. The molecule has 0 bridgehead atoms. The van der Waals surface area contributed by atoms with Crippen molar-refractivity contribution in [3.05, 3.63) is 178 Å². The fourth-order valence-electron chi connectivity index (χ4n) is 8.27. The van der Waals surface area contributed by atoms with Gasteiger partial charge < -0.3 is 61.4 Å². The van der Waals surface area contributed by atoms with Crippen molar-refractivity contribution in [3.63, 3.8) is 0 Å². The molecule has 0 aliphatic rings. The van der Waals surface area contributed by atoms with E-state index in [0.717, 1.165) is 32.1 Å². The Morgan fingerprint density at radius 3 is 1.18 bits per heavy atom. The van der Waals surface area contributed by atoms with Crippen LogP contribution in [0.15, 0.2) is 133 Å². The fourth-order valence-corrected chi connectivity index (χ4v) is 8.27. The lowest BCUT2D eigenvalue weighted by molar-refractivity contribution is -0.126. The summed E-state index contributed by atoms with van der Waals surface area (Å²) in [5, 5.41) is 36.5. The van der Waals surface area contributed by atoms with Crippen molar-refractivity contribution in [2.75, 3.05) is 65.6 Å². The summed E-state index contributed by atoms with van der Waals surface area (Å²) in [6.45, 7) is -2.59. The number of rotatable bonds is 34. The number of carbonyl (C=O) groups excluding carboxylic acids is 8. The molecule has 0 aromatic heterocycles. The fraction of sp³-hybridized carbons (Fsp3) is 0.367. The highest BCUT2D eigenvalue weighted by Crippen LogP contribution is 2.14. The Morgan fingerprint density at radius 1 is 0.427 bits per heavy atom. The van der Waals surface area contributed by atoms with E-state index in [1.807, 2.05) is 60.7 Å². The second-order valence-electron chi connectivity index (χ2n) is 19.2. The maximum atomic E-state index is 14.4. The average Bonchev–Trinajstić information content (AvgIpc) is 3.51. The van der Waals surface area contributed by atoms with Crippen LogP contribution in [0.1, 0.15) is 81.5 Å². The summed E-state index contributed by atoms with van der Waals surface area (Å²) in [5.41, 5.74) is 2.83. The van der Waals surface area contributed by atoms with Gasteiger partial charge in [0.1, 0.15) is 51.0 Å². The summed E-state index contributed by atoms with van der Waals surface area (Å²) >= 11 is 0. The lowest BCUT2D eigenvalue weighted by Gasteiger charge is -2.25. The van der Waals surface area contributed by atoms with E-state index in [9.17, 15) is 57.4 Å². The van der Waals surface area contributed by atoms with Crippen molar-refractivity contribution < 1.29 is 66.8 Å². The zero-order valence-corrected chi connectivity index (χ0v) is 45.6. The van der Waals surface area contributed by atoms with Crippen LogP contribution in [0.25, 0.3) is 0 Å². The molecule has 2 atom stereocenters. The predicted molar refractivity (Wildman–Crippen MR) is 299 cm³/mol. The molecular weight excluding hydrogens is 1060 g/mol. The molecule has 0 aliphatic carbocycles. The standard InChI is InChI=1S/C60H72F2N8O12/c61-49-24-20-43(21-25-49)28-32-63-53(73)35-69(37-55(75)67-51(39-71)18-7-9-30-65-59(79)81-41-45-12-3-1-4-13-45)57(77)47-16-11-17-48(34-47)58(78)70(36-54(74)64-33-29-44-22-26-50(62)27-23-44)38-56(76)68-52(40-72)19-8-10-31-66-60(80)82-42-46-14-5-2-6-15-46/h1-6,11-17,20-27,34,51-52,71-72H,7-10,18-19,28-33,35-42H2,(H,63,73)(H,64,74)(H,65,79)(H,66,80)(H,67,75)(H,68,76)/t51-,52-/m0/s1. The lowest BCUT2D eigenvalue weighted by Crippen LogP contribution is -2.49. The van der Waals surface area contributed by atoms with E-state index in [4.69, 9.17) is 9.47 Å². The third-order valence-electron chi connectivity index (χ3n) is 12.7. The molecule has 0 heterocycles. The number of hydrogen-bond acceptors (Lipinski definition) is 12. The second-order valence-corrected chi connectivity index (χ2v) is 19.2. The van der Waals surface area contributed by atoms with Crippen molar-refractivity contribution >= 4 is 47.6 Å². The van der Waals surface area contributed by atoms with Gasteiger partial charge in [0.25, 0.3) is 11.8 Å². The minimum Gasteiger partial charge on any atom is -0.445 e. The van der Waals surface area contributed by atoms with Crippen LogP contribution in [-0.2, 0) is 54.7 Å². The summed E-state index contributed by atoms with van der Waals surface area (Å²) in [6, 6.07) is 33.5. The van der Waals surface area contributed by atoms with Crippen LogP contribution in [-0.4, -0.2) is 145 Å². The highest BCUT2D eigenvalue weighted by Gasteiger charge is 2.27. The van der Waals surface area contributed by atoms with Gasteiger partial charge in [0.2, 0.25) is 23.6 Å². The molecule has 0 fully saturated rings. The van der Waals surface area contributed by atoms with E-state index in [1.54, 1.807) is 24.3 Å². The Kier molecular flexibility index (Phi) is 27.9. The van der Waals surface area contributed by atoms with Gasteiger partial charge in [-0.1, -0.05) is 91.0 Å². The summed E-state index contributed by atoms with van der Waals surface area (Å²) < 4.78 is 37.5. The summed E-state index contributed by atoms with van der Waals surface area (Å²) in [5.74, 6) is -5.30. The Balaban J connectivity index is 1.23. The molecule has 5 aromatic rings. The van der Waals surface area contributed by atoms with Gasteiger partial charge >= 0.3 is 12.2 Å². The Hall–Kier alpha value is -8.76. The minimum absolute atomic E-state index is 0.0997. The number of aliphatic hydroxyl groups is 2. The molecule has 0 unspecified atom stereocenters. The second kappa shape index (κ2) is 35.8. The Bertz CT molecular complexity index is 2630. The topological polar surface area (TPSA) is 274 Å². The summed E-state index contributed by atoms with van der Waals surface area (Å²) in [6.07, 6.45) is 1.93. The van der Waals surface area contributed by atoms with E-state index in [2.05, 4.69) is 31.9 Å². The first-order valence-corrected chi connectivity index (χ1v) is 27.1. The number of amides is 8. The normalized spacial score (nSPS) is 11.5. The van der Waals surface area contributed by atoms with Crippen LogP contribution in [0.3, 0.4) is 0 Å². The van der Waals surface area contributed by atoms with Gasteiger partial charge in [0, 0.05) is 37.3 Å². The molecular formula is C60H72F2N8O12. The average molecular weight is 1140 g/mol. The first kappa shape index (κ1) is 64.1. The molecule has 8 N–H and O–H groups in total. The van der Waals surface area contributed by atoms with Gasteiger partial charge in [-0.15, -0.1) is 0 Å². The lowest BCUT2D eigenvalue weighted by atomic mass is 10.1. The van der Waals surface area contributed by atoms with Gasteiger partial charge in [-0.2, -0.15) is 0 Å². The van der Waals surface area contributed by atoms with Gasteiger partial charge in [-0.25, -0.2) is 18.4 Å². The van der Waals surface area contributed by atoms with E-state index in [0.29, 0.717) is 51.4 Å². The van der Waals surface area contributed by atoms with E-state index < -0.39 is 111 Å². The van der Waals surface area contributed by atoms with Gasteiger partial charge in [-0.05, 0) is 116 Å². The largest absolute Gasteiger partial charge is 0.445 e. The number of aliphatic hydroxyl groups excluding tert-OH is 2. The molecule has 0 saturated carbocycles. The predicted octanol–water partition coefficient (Wildman–Crippen LogP) is 4.71. The van der Waals surface area contributed by atoms with E-state index in [1.165, 1.54) is 48.5 Å². The molecule has 22 heteroatoms. The number of nitrogens with zero attached hydrogens (tertiary/aromatic N) is 2.